The summed E-state index contributed by atoms with van der Waals surface area (Å²) >= 11 is 7.79. The van der Waals surface area contributed by atoms with E-state index in [0.29, 0.717) is 12.0 Å². The molecule has 1 saturated carbocycles. The number of fused-ring (bicyclic) bond motifs is 2. The number of hydrogen-bond acceptors (Lipinski definition) is 21. The Bertz CT molecular complexity index is 2160. The number of ketones is 1. The monoisotopic (exact) mass is 1130 g/mol. The molecule has 5 heterocycles. The highest BCUT2D eigenvalue weighted by Crippen LogP contribution is 2.53. The molecule has 0 aromatic carbocycles. The van der Waals surface area contributed by atoms with Crippen molar-refractivity contribution in [2.45, 2.75) is 238 Å². The molecule has 6 aliphatic rings. The third-order valence-corrected chi connectivity index (χ3v) is 17.7. The van der Waals surface area contributed by atoms with Crippen LogP contribution in [0.2, 0.25) is 0 Å². The minimum Gasteiger partial charge on any atom is -0.462 e. The molecule has 1 aliphatic carbocycles. The number of alkyl halides is 1. The van der Waals surface area contributed by atoms with E-state index in [-0.39, 0.29) is 44.0 Å². The lowest BCUT2D eigenvalue weighted by Crippen LogP contribution is -2.60. The van der Waals surface area contributed by atoms with Crippen molar-refractivity contribution in [2.24, 2.45) is 47.3 Å². The molecule has 6 fully saturated rings. The van der Waals surface area contributed by atoms with Gasteiger partial charge in [0.25, 0.3) is 0 Å². The molecule has 0 N–H and O–H groups in total. The minimum absolute atomic E-state index is 0.0296. The summed E-state index contributed by atoms with van der Waals surface area (Å²) < 4.78 is 93.0. The van der Waals surface area contributed by atoms with Gasteiger partial charge in [0, 0.05) is 59.2 Å². The van der Waals surface area contributed by atoms with Crippen molar-refractivity contribution in [1.29, 1.82) is 0 Å². The van der Waals surface area contributed by atoms with Gasteiger partial charge in [-0.2, -0.15) is 0 Å². The van der Waals surface area contributed by atoms with Gasteiger partial charge in [-0.3, -0.25) is 19.2 Å². The molecule has 78 heavy (non-hydrogen) atoms. The summed E-state index contributed by atoms with van der Waals surface area (Å²) in [4.78, 5) is 80.8. The van der Waals surface area contributed by atoms with Gasteiger partial charge in [0.2, 0.25) is 5.06 Å². The van der Waals surface area contributed by atoms with E-state index in [2.05, 4.69) is 6.58 Å². The highest BCUT2D eigenvalue weighted by molar-refractivity contribution is 6.25. The van der Waals surface area contributed by atoms with Crippen LogP contribution in [0.3, 0.4) is 0 Å². The average Bonchev–Trinajstić information content (AvgIpc) is 3.79. The number of halogens is 1. The van der Waals surface area contributed by atoms with E-state index in [1.807, 2.05) is 48.5 Å². The zero-order valence-electron chi connectivity index (χ0n) is 48.6. The molecule has 0 spiro atoms. The summed E-state index contributed by atoms with van der Waals surface area (Å²) in [7, 11) is 2.94. The smallest absolute Gasteiger partial charge is 0.462 e. The Morgan fingerprint density at radius 1 is 0.705 bits per heavy atom. The molecule has 6 rings (SSSR count). The van der Waals surface area contributed by atoms with E-state index in [1.54, 1.807) is 41.5 Å². The van der Waals surface area contributed by atoms with Crippen molar-refractivity contribution >= 4 is 47.6 Å². The zero-order chi connectivity index (χ0) is 58.1. The molecular formula is C56H87ClO21. The molecular weight excluding hydrogens is 1040 g/mol. The maximum Gasteiger partial charge on any atom is 0.510 e. The van der Waals surface area contributed by atoms with Crippen LogP contribution in [0.1, 0.15) is 136 Å². The summed E-state index contributed by atoms with van der Waals surface area (Å²) in [5.74, 6) is -7.22. The van der Waals surface area contributed by atoms with Gasteiger partial charge in [-0.25, -0.2) is 9.59 Å². The maximum atomic E-state index is 15.7. The second-order valence-corrected chi connectivity index (χ2v) is 24.3. The van der Waals surface area contributed by atoms with Crippen molar-refractivity contribution < 1.29 is 99.8 Å². The third kappa shape index (κ3) is 13.8. The number of esters is 3. The van der Waals surface area contributed by atoms with Crippen LogP contribution in [0.5, 0.6) is 0 Å². The summed E-state index contributed by atoms with van der Waals surface area (Å²) in [6.07, 6.45) is -13.9. The van der Waals surface area contributed by atoms with Crippen molar-refractivity contribution in [3.63, 3.8) is 0 Å². The number of ether oxygens (including phenoxy) is 15. The number of carbonyl (C=O) groups excluding carboxylic acids is 6. The van der Waals surface area contributed by atoms with Crippen LogP contribution in [0, 0.1) is 47.3 Å². The second-order valence-electron chi connectivity index (χ2n) is 23.8. The predicted octanol–water partition coefficient (Wildman–Crippen LogP) is 8.15. The van der Waals surface area contributed by atoms with Crippen LogP contribution in [-0.4, -0.2) is 159 Å². The molecule has 0 bridgehead atoms. The summed E-state index contributed by atoms with van der Waals surface area (Å²) in [6.45, 7) is 30.3. The average molecular weight is 1130 g/mol. The minimum atomic E-state index is -2.00. The van der Waals surface area contributed by atoms with Crippen molar-refractivity contribution in [2.75, 3.05) is 20.8 Å². The molecule has 0 aromatic rings. The van der Waals surface area contributed by atoms with Gasteiger partial charge in [0.15, 0.2) is 48.4 Å². The first kappa shape index (κ1) is 63.5. The Hall–Kier alpha value is -3.67. The topological polar surface area (TPSA) is 241 Å². The van der Waals surface area contributed by atoms with Gasteiger partial charge < -0.3 is 71.1 Å². The van der Waals surface area contributed by atoms with E-state index in [4.69, 9.17) is 82.7 Å². The first-order chi connectivity index (χ1) is 36.4. The first-order valence-electron chi connectivity index (χ1n) is 27.6. The van der Waals surface area contributed by atoms with E-state index < -0.39 is 174 Å². The molecule has 21 nitrogen and oxygen atoms in total. The quantitative estimate of drug-likeness (QED) is 0.0650. The largest absolute Gasteiger partial charge is 0.510 e. The molecule has 5 aliphatic heterocycles. The van der Waals surface area contributed by atoms with E-state index in [0.717, 1.165) is 0 Å². The summed E-state index contributed by atoms with van der Waals surface area (Å²) in [5, 5.41) is -2.00. The van der Waals surface area contributed by atoms with Gasteiger partial charge in [-0.1, -0.05) is 73.6 Å². The number of hydrogen-bond donors (Lipinski definition) is 0. The SMILES string of the molecule is C=C1C[C@@H](C)O[C@@H](O[C@@H]2[C@@H](C)[C@H](O[C@H]3C[C@@]4(C)OC(=O)O[C@H]4[C@H](C)O3)[C@@H](C)C(=O)C[C@H]([C@@H](C)CO[C@@H]3O[C@H](C)[C@@H](OC(C)=O)[C@@H](OC)[C@H]3OC)[C@H](C)[C@@H](OC(=O)CC(C)C)[C@@H](C)C3(Cl)OC(=O)O[C@]3(C)C[C@@H]2C)[C@@H]1OC(C)=O. The molecule has 24 atom stereocenters. The fourth-order valence-electron chi connectivity index (χ4n) is 13.0. The highest BCUT2D eigenvalue weighted by atomic mass is 35.5. The molecule has 1 unspecified atom stereocenters. The van der Waals surface area contributed by atoms with E-state index in [9.17, 15) is 24.0 Å². The normalized spacial score (nSPS) is 43.9. The predicted molar refractivity (Wildman–Crippen MR) is 276 cm³/mol. The molecule has 22 heteroatoms. The Kier molecular flexibility index (Phi) is 20.9. The summed E-state index contributed by atoms with van der Waals surface area (Å²) in [5.41, 5.74) is -2.23. The Labute approximate surface area is 464 Å². The third-order valence-electron chi connectivity index (χ3n) is 16.9. The van der Waals surface area contributed by atoms with Crippen LogP contribution in [0.4, 0.5) is 9.59 Å². The van der Waals surface area contributed by atoms with Gasteiger partial charge in [-0.15, -0.1) is 0 Å². The first-order valence-corrected chi connectivity index (χ1v) is 27.9. The van der Waals surface area contributed by atoms with E-state index in [1.165, 1.54) is 28.1 Å². The Morgan fingerprint density at radius 3 is 1.97 bits per heavy atom. The van der Waals surface area contributed by atoms with Crippen LogP contribution in [-0.2, 0) is 90.2 Å². The summed E-state index contributed by atoms with van der Waals surface area (Å²) in [6, 6.07) is 0. The fourth-order valence-corrected chi connectivity index (χ4v) is 13.3. The van der Waals surface area contributed by atoms with Gasteiger partial charge in [-0.05, 0) is 82.6 Å². The fraction of sp³-hybridized carbons (Fsp3) is 0.857. The Morgan fingerprint density at radius 2 is 1.36 bits per heavy atom. The number of rotatable bonds is 15. The van der Waals surface area contributed by atoms with Crippen LogP contribution < -0.4 is 0 Å². The lowest BCUT2D eigenvalue weighted by molar-refractivity contribution is -0.306. The molecule has 0 aromatic heterocycles. The van der Waals surface area contributed by atoms with Crippen molar-refractivity contribution in [3.8, 4) is 0 Å². The van der Waals surface area contributed by atoms with Crippen molar-refractivity contribution in [1.82, 2.24) is 0 Å². The highest BCUT2D eigenvalue weighted by Gasteiger charge is 2.66. The van der Waals surface area contributed by atoms with Gasteiger partial charge >= 0.3 is 30.2 Å². The maximum absolute atomic E-state index is 15.7. The zero-order valence-corrected chi connectivity index (χ0v) is 49.4. The Balaban J connectivity index is 1.48. The lowest BCUT2D eigenvalue weighted by atomic mass is 9.68. The molecule has 444 valence electrons. The van der Waals surface area contributed by atoms with E-state index >= 15 is 4.79 Å². The van der Waals surface area contributed by atoms with Gasteiger partial charge in [0.05, 0.1) is 43.0 Å². The molecule has 0 amide bonds. The van der Waals surface area contributed by atoms with Crippen LogP contribution in [0.25, 0.3) is 0 Å². The molecule has 5 saturated heterocycles. The number of methoxy groups -OCH3 is 2. The number of Topliss-reactive ketones (excluding diaryl/α,β-unsaturated/α-hetero) is 1. The lowest BCUT2D eigenvalue weighted by Gasteiger charge is -2.48. The van der Waals surface area contributed by atoms with Crippen LogP contribution >= 0.6 is 11.6 Å². The van der Waals surface area contributed by atoms with Crippen molar-refractivity contribution in [3.05, 3.63) is 12.2 Å². The van der Waals surface area contributed by atoms with Gasteiger partial charge in [0.1, 0.15) is 24.1 Å². The second kappa shape index (κ2) is 25.6. The van der Waals surface area contributed by atoms with Crippen LogP contribution in [0.15, 0.2) is 12.2 Å². The number of carbonyl (C=O) groups is 6. The standard InChI is InChI=1S/C56H87ClO21/c1-25(2)19-40(61)72-45-30(7)38(28(5)24-66-50-48(65-18)47(64-17)46(34(11)69-50)71-37(14)59)21-39(60)31(8)44(73-41-23-54(15)49(35(12)68-41)75-52(62)76-54)32(9)42(74-51-43(70-36(13)58)26(3)20-29(6)67-51)27(4)22-55(16)56(57,33(45)10)78-53(63)77-55/h25,27-35,38,41-51H,3,19-24H2,1-2,4-18H3/t27-,28-,29+,30-,31-,32+,33+,34+,35-,38+,41-,42-,43+,44+,45+,46+,47+,48+,49-,50+,51-,54+,55+,56?/m0/s1. The molecule has 0 radical (unpaired) electrons.